The molecule has 0 amide bonds. The summed E-state index contributed by atoms with van der Waals surface area (Å²) in [6.45, 7) is 2.24. The highest BCUT2D eigenvalue weighted by atomic mass is 31.2. The van der Waals surface area contributed by atoms with Crippen LogP contribution in [0.3, 0.4) is 0 Å². The minimum atomic E-state index is -4.42. The Bertz CT molecular complexity index is 405. The molecule has 0 aliphatic rings. The summed E-state index contributed by atoms with van der Waals surface area (Å²) in [5, 5.41) is 0. The van der Waals surface area contributed by atoms with E-state index in [4.69, 9.17) is 14.5 Å². The highest BCUT2D eigenvalue weighted by Crippen LogP contribution is 2.35. The lowest BCUT2D eigenvalue weighted by Gasteiger charge is -2.06. The lowest BCUT2D eigenvalue weighted by atomic mass is 10.1. The van der Waals surface area contributed by atoms with Gasteiger partial charge in [0, 0.05) is 12.8 Å². The molecule has 0 aliphatic heterocycles. The van der Waals surface area contributed by atoms with Gasteiger partial charge in [-0.3, -0.25) is 9.32 Å². The first-order valence-corrected chi connectivity index (χ1v) is 11.5. The molecule has 6 nitrogen and oxygen atoms in total. The number of ether oxygens (including phenoxy) is 1. The van der Waals surface area contributed by atoms with Gasteiger partial charge in [-0.25, -0.2) is 4.57 Å². The zero-order valence-corrected chi connectivity index (χ0v) is 17.1. The van der Waals surface area contributed by atoms with E-state index >= 15 is 0 Å². The van der Waals surface area contributed by atoms with Crippen molar-refractivity contribution in [3.63, 3.8) is 0 Å². The second-order valence-electron chi connectivity index (χ2n) is 6.53. The van der Waals surface area contributed by atoms with E-state index in [0.717, 1.165) is 25.7 Å². The first kappa shape index (κ1) is 25.3. The van der Waals surface area contributed by atoms with Crippen LogP contribution in [0.2, 0.25) is 0 Å². The van der Waals surface area contributed by atoms with E-state index in [1.165, 1.54) is 44.9 Å². The van der Waals surface area contributed by atoms with E-state index in [1.807, 2.05) is 0 Å². The number of carbonyl (C=O) groups is 1. The van der Waals surface area contributed by atoms with Crippen molar-refractivity contribution >= 4 is 13.8 Å². The van der Waals surface area contributed by atoms with Crippen molar-refractivity contribution in [2.45, 2.75) is 90.4 Å². The van der Waals surface area contributed by atoms with Crippen molar-refractivity contribution in [3.05, 3.63) is 12.2 Å². The highest BCUT2D eigenvalue weighted by Gasteiger charge is 2.12. The fourth-order valence-corrected chi connectivity index (χ4v) is 2.85. The molecule has 0 saturated carbocycles. The van der Waals surface area contributed by atoms with E-state index in [9.17, 15) is 9.36 Å². The van der Waals surface area contributed by atoms with Crippen LogP contribution in [0.1, 0.15) is 90.4 Å². The Balaban J connectivity index is 3.28. The van der Waals surface area contributed by atoms with Crippen LogP contribution < -0.4 is 0 Å². The second-order valence-corrected chi connectivity index (χ2v) is 7.76. The smallest absolute Gasteiger partial charge is 0.466 e. The van der Waals surface area contributed by atoms with E-state index in [0.29, 0.717) is 6.42 Å². The van der Waals surface area contributed by atoms with Gasteiger partial charge < -0.3 is 14.5 Å². The van der Waals surface area contributed by atoms with Crippen LogP contribution in [0.4, 0.5) is 0 Å². The van der Waals surface area contributed by atoms with Crippen LogP contribution in [0.5, 0.6) is 0 Å². The monoisotopic (exact) mass is 392 g/mol. The number of esters is 1. The predicted octanol–water partition coefficient (Wildman–Crippen LogP) is 5.29. The number of hydrogen-bond acceptors (Lipinski definition) is 4. The van der Waals surface area contributed by atoms with Gasteiger partial charge in [-0.05, 0) is 32.1 Å². The maximum Gasteiger partial charge on any atom is 0.469 e. The maximum atomic E-state index is 11.5. The van der Waals surface area contributed by atoms with E-state index in [1.54, 1.807) is 0 Å². The number of phosphoric ester groups is 1. The minimum Gasteiger partial charge on any atom is -0.466 e. The quantitative estimate of drug-likeness (QED) is 0.143. The number of allylic oxidation sites excluding steroid dienone is 2. The molecular formula is C19H37O6P. The van der Waals surface area contributed by atoms with Crippen molar-refractivity contribution < 1.29 is 28.4 Å². The third-order valence-electron chi connectivity index (χ3n) is 3.95. The second kappa shape index (κ2) is 17.7. The Hall–Kier alpha value is -0.680. The molecule has 0 aromatic carbocycles. The van der Waals surface area contributed by atoms with Crippen LogP contribution >= 0.6 is 7.82 Å². The fraction of sp³-hybridized carbons (Fsp3) is 0.842. The molecule has 0 saturated heterocycles. The Morgan fingerprint density at radius 3 is 2.04 bits per heavy atom. The molecule has 0 aliphatic carbocycles. The zero-order chi connectivity index (χ0) is 19.5. The van der Waals surface area contributed by atoms with E-state index in [2.05, 4.69) is 23.6 Å². The number of phosphoric acid groups is 1. The first-order chi connectivity index (χ1) is 12.5. The zero-order valence-electron chi connectivity index (χ0n) is 16.2. The molecule has 0 atom stereocenters. The lowest BCUT2D eigenvalue weighted by Crippen LogP contribution is -2.07. The molecule has 0 radical (unpaired) electrons. The highest BCUT2D eigenvalue weighted by molar-refractivity contribution is 7.46. The van der Waals surface area contributed by atoms with Crippen LogP contribution in [-0.4, -0.2) is 29.0 Å². The third-order valence-corrected chi connectivity index (χ3v) is 4.47. The molecule has 0 spiro atoms. The summed E-state index contributed by atoms with van der Waals surface area (Å²) >= 11 is 0. The predicted molar refractivity (Wildman–Crippen MR) is 104 cm³/mol. The van der Waals surface area contributed by atoms with Crippen molar-refractivity contribution in [3.8, 4) is 0 Å². The van der Waals surface area contributed by atoms with Crippen LogP contribution in [-0.2, 0) is 18.6 Å². The normalized spacial score (nSPS) is 12.0. The van der Waals surface area contributed by atoms with Gasteiger partial charge in [0.2, 0.25) is 0 Å². The molecule has 154 valence electrons. The van der Waals surface area contributed by atoms with Gasteiger partial charge in [-0.1, -0.05) is 57.6 Å². The SMILES string of the molecule is CCCCCC/C=C\CCCCCCCC(=O)OCCCOP(=O)(O)O. The number of carbonyl (C=O) groups excluding carboxylic acids is 1. The summed E-state index contributed by atoms with van der Waals surface area (Å²) in [7, 11) is -4.42. The van der Waals surface area contributed by atoms with Gasteiger partial charge in [0.05, 0.1) is 13.2 Å². The van der Waals surface area contributed by atoms with Gasteiger partial charge >= 0.3 is 13.8 Å². The number of unbranched alkanes of at least 4 members (excludes halogenated alkanes) is 9. The Morgan fingerprint density at radius 2 is 1.42 bits per heavy atom. The summed E-state index contributed by atoms with van der Waals surface area (Å²) in [5.74, 6) is -0.257. The van der Waals surface area contributed by atoms with Gasteiger partial charge in [0.1, 0.15) is 0 Å². The Kier molecular flexibility index (Phi) is 17.3. The van der Waals surface area contributed by atoms with Gasteiger partial charge in [-0.15, -0.1) is 0 Å². The van der Waals surface area contributed by atoms with Crippen LogP contribution in [0.25, 0.3) is 0 Å². The lowest BCUT2D eigenvalue weighted by molar-refractivity contribution is -0.144. The molecule has 0 heterocycles. The maximum absolute atomic E-state index is 11.5. The summed E-state index contributed by atoms with van der Waals surface area (Å²) in [6.07, 6.45) is 18.3. The summed E-state index contributed by atoms with van der Waals surface area (Å²) in [6, 6.07) is 0. The van der Waals surface area contributed by atoms with Crippen molar-refractivity contribution in [2.75, 3.05) is 13.2 Å². The van der Waals surface area contributed by atoms with Crippen LogP contribution in [0, 0.1) is 0 Å². The van der Waals surface area contributed by atoms with Crippen molar-refractivity contribution in [1.29, 1.82) is 0 Å². The molecule has 0 fully saturated rings. The van der Waals surface area contributed by atoms with Gasteiger partial charge in [0.25, 0.3) is 0 Å². The Labute approximate surface area is 158 Å². The first-order valence-electron chi connectivity index (χ1n) is 9.96. The third kappa shape index (κ3) is 21.4. The molecule has 26 heavy (non-hydrogen) atoms. The van der Waals surface area contributed by atoms with Crippen molar-refractivity contribution in [1.82, 2.24) is 0 Å². The molecule has 0 rings (SSSR count). The molecule has 0 unspecified atom stereocenters. The largest absolute Gasteiger partial charge is 0.469 e. The van der Waals surface area contributed by atoms with E-state index < -0.39 is 7.82 Å². The van der Waals surface area contributed by atoms with Gasteiger partial charge in [0.15, 0.2) is 0 Å². The van der Waals surface area contributed by atoms with Crippen molar-refractivity contribution in [2.24, 2.45) is 0 Å². The summed E-state index contributed by atoms with van der Waals surface area (Å²) < 4.78 is 19.7. The topological polar surface area (TPSA) is 93.1 Å². The molecule has 0 aromatic heterocycles. The fourth-order valence-electron chi connectivity index (χ4n) is 2.49. The molecule has 0 bridgehead atoms. The van der Waals surface area contributed by atoms with E-state index in [-0.39, 0.29) is 25.6 Å². The summed E-state index contributed by atoms with van der Waals surface area (Å²) in [4.78, 5) is 28.5. The minimum absolute atomic E-state index is 0.120. The average molecular weight is 392 g/mol. The molecule has 2 N–H and O–H groups in total. The number of rotatable bonds is 18. The average Bonchev–Trinajstić information content (AvgIpc) is 2.57. The van der Waals surface area contributed by atoms with Gasteiger partial charge in [-0.2, -0.15) is 0 Å². The Morgan fingerprint density at radius 1 is 0.846 bits per heavy atom. The molecule has 0 aromatic rings. The molecule has 7 heteroatoms. The standard InChI is InChI=1S/C19H37O6P/c1-2-3-4-5-6-7-8-9-10-11-12-13-14-16-19(20)24-17-15-18-25-26(21,22)23/h7-8H,2-6,9-18H2,1H3,(H2,21,22,23)/b8-7-. The van der Waals surface area contributed by atoms with Crippen LogP contribution in [0.15, 0.2) is 12.2 Å². The molecular weight excluding hydrogens is 355 g/mol. The number of hydrogen-bond donors (Lipinski definition) is 2. The summed E-state index contributed by atoms with van der Waals surface area (Å²) in [5.41, 5.74) is 0.